The van der Waals surface area contributed by atoms with Crippen LogP contribution in [-0.4, -0.2) is 60.4 Å². The third-order valence-corrected chi connectivity index (χ3v) is 5.14. The molecule has 0 radical (unpaired) electrons. The Balaban J connectivity index is 0.00000225. The summed E-state index contributed by atoms with van der Waals surface area (Å²) in [4.78, 5) is 29.4. The van der Waals surface area contributed by atoms with Gasteiger partial charge in [0.2, 0.25) is 5.91 Å². The average molecular weight is 366 g/mol. The molecule has 6 heteroatoms. The van der Waals surface area contributed by atoms with Crippen molar-refractivity contribution < 1.29 is 9.59 Å². The minimum absolute atomic E-state index is 0. The molecule has 0 aliphatic carbocycles. The molecule has 3 rings (SSSR count). The molecule has 2 amide bonds. The third-order valence-electron chi connectivity index (χ3n) is 5.14. The standard InChI is InChI=1S/C19H27N3O2.ClH/c1-14-5-7-16(8-6-14)18(23)21-10-3-4-17(13-21)19(24)22-11-9-20-12-15(22)2;/h5-8,15,17,20H,3-4,9-13H2,1-2H3;1H/t15-,17?;/m1./s1. The van der Waals surface area contributed by atoms with E-state index < -0.39 is 0 Å². The van der Waals surface area contributed by atoms with E-state index in [4.69, 9.17) is 0 Å². The van der Waals surface area contributed by atoms with Crippen molar-refractivity contribution in [2.75, 3.05) is 32.7 Å². The van der Waals surface area contributed by atoms with Crippen molar-refractivity contribution in [1.29, 1.82) is 0 Å². The molecule has 5 nitrogen and oxygen atoms in total. The average Bonchev–Trinajstić information content (AvgIpc) is 2.62. The van der Waals surface area contributed by atoms with Gasteiger partial charge in [-0.25, -0.2) is 0 Å². The quantitative estimate of drug-likeness (QED) is 0.873. The van der Waals surface area contributed by atoms with Crippen LogP contribution in [0.25, 0.3) is 0 Å². The first-order valence-electron chi connectivity index (χ1n) is 8.93. The molecule has 0 bridgehead atoms. The molecule has 2 aliphatic heterocycles. The molecule has 138 valence electrons. The van der Waals surface area contributed by atoms with Crippen LogP contribution in [0.4, 0.5) is 0 Å². The van der Waals surface area contributed by atoms with E-state index in [9.17, 15) is 9.59 Å². The Hall–Kier alpha value is -1.59. The molecule has 1 aromatic rings. The summed E-state index contributed by atoms with van der Waals surface area (Å²) in [7, 11) is 0. The van der Waals surface area contributed by atoms with E-state index in [1.165, 1.54) is 0 Å². The fourth-order valence-electron chi connectivity index (χ4n) is 3.64. The van der Waals surface area contributed by atoms with Gasteiger partial charge in [0.25, 0.3) is 5.91 Å². The predicted molar refractivity (Wildman–Crippen MR) is 101 cm³/mol. The summed E-state index contributed by atoms with van der Waals surface area (Å²) in [6, 6.07) is 7.90. The maximum absolute atomic E-state index is 12.9. The molecule has 2 atom stereocenters. The van der Waals surface area contributed by atoms with Gasteiger partial charge in [0.15, 0.2) is 0 Å². The van der Waals surface area contributed by atoms with Gasteiger partial charge in [-0.3, -0.25) is 9.59 Å². The summed E-state index contributed by atoms with van der Waals surface area (Å²) in [5.41, 5.74) is 1.86. The Morgan fingerprint density at radius 2 is 1.88 bits per heavy atom. The van der Waals surface area contributed by atoms with Crippen molar-refractivity contribution in [3.8, 4) is 0 Å². The van der Waals surface area contributed by atoms with Crippen LogP contribution >= 0.6 is 12.4 Å². The highest BCUT2D eigenvalue weighted by atomic mass is 35.5. The molecule has 2 fully saturated rings. The number of nitrogens with one attached hydrogen (secondary N) is 1. The first kappa shape index (κ1) is 19.7. The second-order valence-corrected chi connectivity index (χ2v) is 7.04. The molecule has 2 heterocycles. The second-order valence-electron chi connectivity index (χ2n) is 7.04. The number of carbonyl (C=O) groups excluding carboxylic acids is 2. The smallest absolute Gasteiger partial charge is 0.253 e. The summed E-state index contributed by atoms with van der Waals surface area (Å²) in [6.07, 6.45) is 1.78. The summed E-state index contributed by atoms with van der Waals surface area (Å²) in [5, 5.41) is 3.32. The number of nitrogens with zero attached hydrogens (tertiary/aromatic N) is 2. The molecule has 1 aromatic carbocycles. The third kappa shape index (κ3) is 4.53. The number of amides is 2. The molecular formula is C19H28ClN3O2. The highest BCUT2D eigenvalue weighted by Gasteiger charge is 2.33. The van der Waals surface area contributed by atoms with E-state index in [0.29, 0.717) is 12.1 Å². The Labute approximate surface area is 156 Å². The number of benzene rings is 1. The summed E-state index contributed by atoms with van der Waals surface area (Å²) in [5.74, 6) is 0.194. The van der Waals surface area contributed by atoms with Gasteiger partial charge in [-0.2, -0.15) is 0 Å². The zero-order chi connectivity index (χ0) is 17.1. The summed E-state index contributed by atoms with van der Waals surface area (Å²) < 4.78 is 0. The van der Waals surface area contributed by atoms with Crippen molar-refractivity contribution in [2.45, 2.75) is 32.7 Å². The van der Waals surface area contributed by atoms with Crippen molar-refractivity contribution in [1.82, 2.24) is 15.1 Å². The number of likely N-dealkylation sites (tertiary alicyclic amines) is 1. The van der Waals surface area contributed by atoms with Crippen LogP contribution in [0, 0.1) is 12.8 Å². The number of piperidine rings is 1. The minimum Gasteiger partial charge on any atom is -0.338 e. The Bertz CT molecular complexity index is 605. The molecule has 0 spiro atoms. The highest BCUT2D eigenvalue weighted by molar-refractivity contribution is 5.94. The van der Waals surface area contributed by atoms with Crippen molar-refractivity contribution >= 4 is 24.2 Å². The van der Waals surface area contributed by atoms with Crippen LogP contribution in [0.2, 0.25) is 0 Å². The maximum atomic E-state index is 12.9. The van der Waals surface area contributed by atoms with Gasteiger partial charge in [-0.1, -0.05) is 17.7 Å². The molecule has 2 aliphatic rings. The Morgan fingerprint density at radius 3 is 2.56 bits per heavy atom. The van der Waals surface area contributed by atoms with Gasteiger partial charge < -0.3 is 15.1 Å². The first-order valence-corrected chi connectivity index (χ1v) is 8.93. The van der Waals surface area contributed by atoms with Crippen LogP contribution in [0.1, 0.15) is 35.7 Å². The van der Waals surface area contributed by atoms with Crippen molar-refractivity contribution in [3.63, 3.8) is 0 Å². The van der Waals surface area contributed by atoms with E-state index in [1.807, 2.05) is 41.0 Å². The SMILES string of the molecule is Cc1ccc(C(=O)N2CCCC(C(=O)N3CCNC[C@H]3C)C2)cc1.Cl. The van der Waals surface area contributed by atoms with Crippen LogP contribution in [0.5, 0.6) is 0 Å². The van der Waals surface area contributed by atoms with Crippen LogP contribution in [0.15, 0.2) is 24.3 Å². The zero-order valence-electron chi connectivity index (χ0n) is 15.0. The van der Waals surface area contributed by atoms with Gasteiger partial charge in [0, 0.05) is 44.3 Å². The molecule has 1 unspecified atom stereocenters. The number of halogens is 1. The molecule has 0 saturated carbocycles. The molecule has 1 N–H and O–H groups in total. The number of aryl methyl sites for hydroxylation is 1. The summed E-state index contributed by atoms with van der Waals surface area (Å²) in [6.45, 7) is 7.86. The van der Waals surface area contributed by atoms with E-state index >= 15 is 0 Å². The van der Waals surface area contributed by atoms with Crippen molar-refractivity contribution in [2.24, 2.45) is 5.92 Å². The largest absolute Gasteiger partial charge is 0.338 e. The van der Waals surface area contributed by atoms with E-state index in [0.717, 1.165) is 44.6 Å². The van der Waals surface area contributed by atoms with Crippen molar-refractivity contribution in [3.05, 3.63) is 35.4 Å². The van der Waals surface area contributed by atoms with E-state index in [2.05, 4.69) is 12.2 Å². The normalized spacial score (nSPS) is 23.8. The molecule has 25 heavy (non-hydrogen) atoms. The maximum Gasteiger partial charge on any atom is 0.253 e. The van der Waals surface area contributed by atoms with E-state index in [1.54, 1.807) is 0 Å². The Morgan fingerprint density at radius 1 is 1.16 bits per heavy atom. The topological polar surface area (TPSA) is 52.7 Å². The lowest BCUT2D eigenvalue weighted by Gasteiger charge is -2.39. The van der Waals surface area contributed by atoms with Gasteiger partial charge in [-0.05, 0) is 38.8 Å². The van der Waals surface area contributed by atoms with Crippen LogP contribution < -0.4 is 5.32 Å². The minimum atomic E-state index is -0.0614. The number of piperazine rings is 1. The van der Waals surface area contributed by atoms with E-state index in [-0.39, 0.29) is 36.2 Å². The highest BCUT2D eigenvalue weighted by Crippen LogP contribution is 2.22. The first-order chi connectivity index (χ1) is 11.6. The zero-order valence-corrected chi connectivity index (χ0v) is 15.8. The van der Waals surface area contributed by atoms with Gasteiger partial charge in [0.1, 0.15) is 0 Å². The van der Waals surface area contributed by atoms with Gasteiger partial charge in [0.05, 0.1) is 5.92 Å². The summed E-state index contributed by atoms with van der Waals surface area (Å²) >= 11 is 0. The lowest BCUT2D eigenvalue weighted by Crippen LogP contribution is -2.55. The Kier molecular flexibility index (Phi) is 6.85. The molecular weight excluding hydrogens is 338 g/mol. The fourth-order valence-corrected chi connectivity index (χ4v) is 3.64. The number of hydrogen-bond acceptors (Lipinski definition) is 3. The fraction of sp³-hybridized carbons (Fsp3) is 0.579. The van der Waals surface area contributed by atoms with Gasteiger partial charge >= 0.3 is 0 Å². The number of carbonyl (C=O) groups is 2. The van der Waals surface area contributed by atoms with Crippen LogP contribution in [0.3, 0.4) is 0 Å². The lowest BCUT2D eigenvalue weighted by atomic mass is 9.95. The van der Waals surface area contributed by atoms with Crippen LogP contribution in [-0.2, 0) is 4.79 Å². The molecule has 2 saturated heterocycles. The predicted octanol–water partition coefficient (Wildman–Crippen LogP) is 2.09. The number of rotatable bonds is 2. The van der Waals surface area contributed by atoms with Gasteiger partial charge in [-0.15, -0.1) is 12.4 Å². The molecule has 0 aromatic heterocycles. The second kappa shape index (κ2) is 8.68. The number of hydrogen-bond donors (Lipinski definition) is 1. The lowest BCUT2D eigenvalue weighted by molar-refractivity contribution is -0.139. The monoisotopic (exact) mass is 365 g/mol.